The van der Waals surface area contributed by atoms with Gasteiger partial charge in [-0.05, 0) is 32.4 Å². The molecule has 1 unspecified atom stereocenters. The van der Waals surface area contributed by atoms with Crippen molar-refractivity contribution < 1.29 is 4.52 Å². The highest BCUT2D eigenvalue weighted by molar-refractivity contribution is 4.94. The number of aryl methyl sites for hydroxylation is 1. The van der Waals surface area contributed by atoms with Crippen LogP contribution in [0, 0.1) is 0 Å². The normalized spacial score (nSPS) is 18.3. The Labute approximate surface area is 109 Å². The molecule has 5 nitrogen and oxygen atoms in total. The topological polar surface area (TPSA) is 68.2 Å². The SMILES string of the molecule is CCCCCc1nc(C(N)CN2CCCC2)no1. The van der Waals surface area contributed by atoms with Crippen molar-refractivity contribution in [1.29, 1.82) is 0 Å². The maximum absolute atomic E-state index is 6.12. The summed E-state index contributed by atoms with van der Waals surface area (Å²) in [6, 6.07) is -0.119. The Kier molecular flexibility index (Phi) is 5.13. The Morgan fingerprint density at radius 1 is 1.33 bits per heavy atom. The summed E-state index contributed by atoms with van der Waals surface area (Å²) < 4.78 is 5.24. The predicted molar refractivity (Wildman–Crippen MR) is 70.1 cm³/mol. The molecule has 1 atom stereocenters. The van der Waals surface area contributed by atoms with Crippen molar-refractivity contribution in [3.63, 3.8) is 0 Å². The van der Waals surface area contributed by atoms with E-state index in [-0.39, 0.29) is 6.04 Å². The highest BCUT2D eigenvalue weighted by Crippen LogP contribution is 2.14. The lowest BCUT2D eigenvalue weighted by Gasteiger charge is -2.17. The van der Waals surface area contributed by atoms with Crippen LogP contribution in [0.2, 0.25) is 0 Å². The third-order valence-electron chi connectivity index (χ3n) is 3.46. The molecule has 0 saturated carbocycles. The van der Waals surface area contributed by atoms with Gasteiger partial charge in [0.25, 0.3) is 0 Å². The minimum atomic E-state index is -0.119. The summed E-state index contributed by atoms with van der Waals surface area (Å²) in [5, 5.41) is 4.00. The zero-order valence-corrected chi connectivity index (χ0v) is 11.3. The minimum absolute atomic E-state index is 0.119. The molecular formula is C13H24N4O. The number of hydrogen-bond donors (Lipinski definition) is 1. The molecular weight excluding hydrogens is 228 g/mol. The van der Waals surface area contributed by atoms with E-state index >= 15 is 0 Å². The summed E-state index contributed by atoms with van der Waals surface area (Å²) in [6.45, 7) is 5.32. The Bertz CT molecular complexity index is 347. The molecule has 0 spiro atoms. The van der Waals surface area contributed by atoms with Crippen LogP contribution >= 0.6 is 0 Å². The second kappa shape index (κ2) is 6.85. The maximum atomic E-state index is 6.12. The van der Waals surface area contributed by atoms with Crippen molar-refractivity contribution in [1.82, 2.24) is 15.0 Å². The summed E-state index contributed by atoms with van der Waals surface area (Å²) in [6.07, 6.45) is 6.95. The highest BCUT2D eigenvalue weighted by atomic mass is 16.5. The standard InChI is InChI=1S/C13H24N4O/c1-2-3-4-7-12-15-13(16-18-12)11(14)10-17-8-5-6-9-17/h11H,2-10,14H2,1H3. The number of nitrogens with two attached hydrogens (primary N) is 1. The number of rotatable bonds is 7. The Morgan fingerprint density at radius 2 is 2.11 bits per heavy atom. The molecule has 1 aliphatic heterocycles. The quantitative estimate of drug-likeness (QED) is 0.751. The summed E-state index contributed by atoms with van der Waals surface area (Å²) >= 11 is 0. The van der Waals surface area contributed by atoms with E-state index in [1.807, 2.05) is 0 Å². The molecule has 0 amide bonds. The molecule has 5 heteroatoms. The predicted octanol–water partition coefficient (Wildman–Crippen LogP) is 1.90. The number of likely N-dealkylation sites (tertiary alicyclic amines) is 1. The fourth-order valence-corrected chi connectivity index (χ4v) is 2.37. The lowest BCUT2D eigenvalue weighted by atomic mass is 10.2. The van der Waals surface area contributed by atoms with Crippen LogP contribution < -0.4 is 5.73 Å². The molecule has 2 heterocycles. The monoisotopic (exact) mass is 252 g/mol. The first-order chi connectivity index (χ1) is 8.79. The fraction of sp³-hybridized carbons (Fsp3) is 0.846. The summed E-state index contributed by atoms with van der Waals surface area (Å²) in [5.41, 5.74) is 6.12. The molecule has 2 rings (SSSR count). The van der Waals surface area contributed by atoms with Crippen molar-refractivity contribution in [3.8, 4) is 0 Å². The number of nitrogens with zero attached hydrogens (tertiary/aromatic N) is 3. The third-order valence-corrected chi connectivity index (χ3v) is 3.46. The first-order valence-electron chi connectivity index (χ1n) is 7.10. The van der Waals surface area contributed by atoms with Crippen LogP contribution in [0.15, 0.2) is 4.52 Å². The van der Waals surface area contributed by atoms with Crippen molar-refractivity contribution in [3.05, 3.63) is 11.7 Å². The summed E-state index contributed by atoms with van der Waals surface area (Å²) in [7, 11) is 0. The molecule has 0 radical (unpaired) electrons. The molecule has 1 fully saturated rings. The van der Waals surface area contributed by atoms with Gasteiger partial charge in [0, 0.05) is 13.0 Å². The van der Waals surface area contributed by atoms with Crippen molar-refractivity contribution in [2.45, 2.75) is 51.5 Å². The lowest BCUT2D eigenvalue weighted by Crippen LogP contribution is -2.30. The van der Waals surface area contributed by atoms with Crippen LogP contribution in [0.25, 0.3) is 0 Å². The first kappa shape index (κ1) is 13.5. The van der Waals surface area contributed by atoms with Crippen molar-refractivity contribution in [2.24, 2.45) is 5.73 Å². The fourth-order valence-electron chi connectivity index (χ4n) is 2.37. The van der Waals surface area contributed by atoms with E-state index < -0.39 is 0 Å². The Balaban J connectivity index is 1.80. The van der Waals surface area contributed by atoms with Gasteiger partial charge in [0.15, 0.2) is 5.82 Å². The van der Waals surface area contributed by atoms with Crippen LogP contribution in [0.5, 0.6) is 0 Å². The molecule has 102 valence electrons. The second-order valence-electron chi connectivity index (χ2n) is 5.12. The number of unbranched alkanes of at least 4 members (excludes halogenated alkanes) is 2. The van der Waals surface area contributed by atoms with Crippen LogP contribution in [0.1, 0.15) is 56.8 Å². The van der Waals surface area contributed by atoms with Gasteiger partial charge in [-0.3, -0.25) is 0 Å². The van der Waals surface area contributed by atoms with Gasteiger partial charge < -0.3 is 15.2 Å². The molecule has 1 aromatic heterocycles. The zero-order valence-electron chi connectivity index (χ0n) is 11.3. The Morgan fingerprint density at radius 3 is 2.83 bits per heavy atom. The molecule has 2 N–H and O–H groups in total. The molecule has 1 aliphatic rings. The van der Waals surface area contributed by atoms with Gasteiger partial charge in [-0.15, -0.1) is 0 Å². The summed E-state index contributed by atoms with van der Waals surface area (Å²) in [5.74, 6) is 1.39. The maximum Gasteiger partial charge on any atom is 0.226 e. The molecule has 18 heavy (non-hydrogen) atoms. The van der Waals surface area contributed by atoms with Crippen LogP contribution in [-0.2, 0) is 6.42 Å². The van der Waals surface area contributed by atoms with Gasteiger partial charge in [0.05, 0.1) is 6.04 Å². The molecule has 0 bridgehead atoms. The van der Waals surface area contributed by atoms with E-state index in [1.165, 1.54) is 25.7 Å². The van der Waals surface area contributed by atoms with Crippen LogP contribution in [-0.4, -0.2) is 34.7 Å². The number of hydrogen-bond acceptors (Lipinski definition) is 5. The largest absolute Gasteiger partial charge is 0.339 e. The van der Waals surface area contributed by atoms with Gasteiger partial charge >= 0.3 is 0 Å². The van der Waals surface area contributed by atoms with E-state index in [2.05, 4.69) is 22.0 Å². The van der Waals surface area contributed by atoms with E-state index in [1.54, 1.807) is 0 Å². The average molecular weight is 252 g/mol. The van der Waals surface area contributed by atoms with Crippen LogP contribution in [0.3, 0.4) is 0 Å². The van der Waals surface area contributed by atoms with Gasteiger partial charge in [0.2, 0.25) is 5.89 Å². The second-order valence-corrected chi connectivity index (χ2v) is 5.12. The lowest BCUT2D eigenvalue weighted by molar-refractivity contribution is 0.305. The summed E-state index contributed by atoms with van der Waals surface area (Å²) in [4.78, 5) is 6.77. The first-order valence-corrected chi connectivity index (χ1v) is 7.10. The minimum Gasteiger partial charge on any atom is -0.339 e. The average Bonchev–Trinajstić information content (AvgIpc) is 3.00. The smallest absolute Gasteiger partial charge is 0.226 e. The van der Waals surface area contributed by atoms with Crippen molar-refractivity contribution in [2.75, 3.05) is 19.6 Å². The molecule has 1 saturated heterocycles. The highest BCUT2D eigenvalue weighted by Gasteiger charge is 2.19. The molecule has 1 aromatic rings. The Hall–Kier alpha value is -0.940. The molecule has 0 aliphatic carbocycles. The zero-order chi connectivity index (χ0) is 12.8. The molecule has 0 aromatic carbocycles. The third kappa shape index (κ3) is 3.78. The van der Waals surface area contributed by atoms with Gasteiger partial charge in [-0.25, -0.2) is 0 Å². The van der Waals surface area contributed by atoms with E-state index in [0.29, 0.717) is 5.82 Å². The van der Waals surface area contributed by atoms with Crippen LogP contribution in [0.4, 0.5) is 0 Å². The van der Waals surface area contributed by atoms with E-state index in [4.69, 9.17) is 10.3 Å². The van der Waals surface area contributed by atoms with E-state index in [9.17, 15) is 0 Å². The number of aromatic nitrogens is 2. The van der Waals surface area contributed by atoms with Gasteiger partial charge in [0.1, 0.15) is 0 Å². The van der Waals surface area contributed by atoms with Gasteiger partial charge in [-0.2, -0.15) is 4.98 Å². The van der Waals surface area contributed by atoms with Crippen molar-refractivity contribution >= 4 is 0 Å². The van der Waals surface area contributed by atoms with E-state index in [0.717, 1.165) is 38.4 Å². The van der Waals surface area contributed by atoms with Gasteiger partial charge in [-0.1, -0.05) is 24.9 Å².